The number of aromatic nitrogens is 3. The van der Waals surface area contributed by atoms with Crippen LogP contribution in [-0.2, 0) is 0 Å². The van der Waals surface area contributed by atoms with E-state index in [4.69, 9.17) is 13.7 Å². The lowest BCUT2D eigenvalue weighted by atomic mass is 10.2. The molecule has 0 aliphatic rings. The third kappa shape index (κ3) is 3.55. The lowest BCUT2D eigenvalue weighted by Crippen LogP contribution is -2.27. The number of rotatable bonds is 5. The van der Waals surface area contributed by atoms with E-state index in [0.29, 0.717) is 5.82 Å². The fourth-order valence-corrected chi connectivity index (χ4v) is 2.03. The lowest BCUT2D eigenvalue weighted by molar-refractivity contribution is 0.0901. The molecule has 3 aromatic heterocycles. The fraction of sp³-hybridized carbons (Fsp3) is 0.188. The third-order valence-corrected chi connectivity index (χ3v) is 3.34. The van der Waals surface area contributed by atoms with Gasteiger partial charge < -0.3 is 19.0 Å². The molecule has 0 spiro atoms. The molecule has 0 aliphatic carbocycles. The van der Waals surface area contributed by atoms with Gasteiger partial charge in [0.2, 0.25) is 22.9 Å². The van der Waals surface area contributed by atoms with Crippen molar-refractivity contribution < 1.29 is 18.5 Å². The summed E-state index contributed by atoms with van der Waals surface area (Å²) in [6.45, 7) is 1.67. The first-order chi connectivity index (χ1) is 12.1. The lowest BCUT2D eigenvalue weighted by Gasteiger charge is -2.08. The summed E-state index contributed by atoms with van der Waals surface area (Å²) in [4.78, 5) is 32.0. The van der Waals surface area contributed by atoms with E-state index < -0.39 is 17.4 Å². The van der Waals surface area contributed by atoms with Crippen LogP contribution in [0, 0.1) is 0 Å². The minimum absolute atomic E-state index is 0.0171. The van der Waals surface area contributed by atoms with E-state index in [1.807, 2.05) is 0 Å². The molecule has 9 heteroatoms. The Morgan fingerprint density at radius 1 is 1.32 bits per heavy atom. The molecular weight excluding hydrogens is 328 g/mol. The van der Waals surface area contributed by atoms with Gasteiger partial charge in [-0.3, -0.25) is 14.6 Å². The van der Waals surface area contributed by atoms with Gasteiger partial charge in [0.1, 0.15) is 12.3 Å². The molecule has 3 aromatic rings. The maximum atomic E-state index is 12.2. The number of carbonyl (C=O) groups is 1. The number of amides is 1. The van der Waals surface area contributed by atoms with Crippen molar-refractivity contribution in [2.75, 3.05) is 7.11 Å². The number of carbonyl (C=O) groups excluding carboxylic acids is 1. The summed E-state index contributed by atoms with van der Waals surface area (Å²) >= 11 is 0. The van der Waals surface area contributed by atoms with Gasteiger partial charge in [-0.1, -0.05) is 5.16 Å². The summed E-state index contributed by atoms with van der Waals surface area (Å²) < 4.78 is 15.1. The van der Waals surface area contributed by atoms with Crippen LogP contribution in [0.15, 0.2) is 50.6 Å². The monoisotopic (exact) mass is 342 g/mol. The summed E-state index contributed by atoms with van der Waals surface area (Å²) in [5.74, 6) is -0.114. The normalized spacial score (nSPS) is 11.8. The van der Waals surface area contributed by atoms with E-state index >= 15 is 0 Å². The van der Waals surface area contributed by atoms with Gasteiger partial charge in [-0.05, 0) is 19.1 Å². The van der Waals surface area contributed by atoms with Crippen molar-refractivity contribution in [1.29, 1.82) is 0 Å². The molecule has 1 atom stereocenters. The molecule has 0 aromatic carbocycles. The van der Waals surface area contributed by atoms with Gasteiger partial charge in [0.15, 0.2) is 5.76 Å². The number of nitrogens with one attached hydrogen (secondary N) is 1. The molecule has 1 amide bonds. The highest BCUT2D eigenvalue weighted by molar-refractivity contribution is 5.91. The molecule has 3 heterocycles. The van der Waals surface area contributed by atoms with Gasteiger partial charge in [-0.15, -0.1) is 0 Å². The molecule has 9 nitrogen and oxygen atoms in total. The molecular formula is C16H14N4O5. The molecule has 0 radical (unpaired) electrons. The predicted octanol–water partition coefficient (Wildman–Crippen LogP) is 1.58. The summed E-state index contributed by atoms with van der Waals surface area (Å²) in [7, 11) is 1.34. The van der Waals surface area contributed by atoms with Crippen molar-refractivity contribution in [2.45, 2.75) is 13.0 Å². The highest BCUT2D eigenvalue weighted by Gasteiger charge is 2.20. The zero-order valence-electron chi connectivity index (χ0n) is 13.4. The zero-order valence-corrected chi connectivity index (χ0v) is 13.4. The van der Waals surface area contributed by atoms with Crippen LogP contribution in [0.1, 0.15) is 29.4 Å². The minimum Gasteiger partial charge on any atom is -0.490 e. The van der Waals surface area contributed by atoms with Crippen molar-refractivity contribution >= 4 is 5.91 Å². The molecule has 1 N–H and O–H groups in total. The number of nitrogens with zero attached hydrogens (tertiary/aromatic N) is 3. The Bertz CT molecular complexity index is 935. The number of methoxy groups -OCH3 is 1. The van der Waals surface area contributed by atoms with Crippen LogP contribution >= 0.6 is 0 Å². The second-order valence-electron chi connectivity index (χ2n) is 5.06. The van der Waals surface area contributed by atoms with Crippen LogP contribution in [0.3, 0.4) is 0 Å². The minimum atomic E-state index is -0.587. The first kappa shape index (κ1) is 16.4. The first-order valence-electron chi connectivity index (χ1n) is 7.30. The zero-order chi connectivity index (χ0) is 17.8. The number of hydrogen-bond acceptors (Lipinski definition) is 8. The van der Waals surface area contributed by atoms with Crippen LogP contribution in [-0.4, -0.2) is 28.1 Å². The van der Waals surface area contributed by atoms with Crippen LogP contribution in [0.25, 0.3) is 11.4 Å². The Hall–Kier alpha value is -3.49. The maximum Gasteiger partial charge on any atom is 0.287 e. The van der Waals surface area contributed by atoms with E-state index in [9.17, 15) is 9.59 Å². The number of ether oxygens (including phenoxy) is 1. The average Bonchev–Trinajstić information content (AvgIpc) is 3.12. The summed E-state index contributed by atoms with van der Waals surface area (Å²) in [5.41, 5.74) is 0.286. The van der Waals surface area contributed by atoms with E-state index in [0.717, 1.165) is 17.9 Å². The second-order valence-corrected chi connectivity index (χ2v) is 5.06. The fourth-order valence-electron chi connectivity index (χ4n) is 2.03. The molecule has 0 unspecified atom stereocenters. The van der Waals surface area contributed by atoms with Gasteiger partial charge in [0, 0.05) is 24.0 Å². The molecule has 0 fully saturated rings. The third-order valence-electron chi connectivity index (χ3n) is 3.34. The van der Waals surface area contributed by atoms with Crippen LogP contribution < -0.4 is 15.5 Å². The number of hydrogen-bond donors (Lipinski definition) is 1. The topological polar surface area (TPSA) is 120 Å². The standard InChI is InChI=1S/C16H14N4O5/c1-9(16-19-14(20-25-16)10-3-5-17-6-4-10)18-15(22)12-7-11(21)13(23-2)8-24-12/h3-9H,1-2H3,(H,18,22)/t9-/m0/s1. The number of pyridine rings is 1. The van der Waals surface area contributed by atoms with E-state index in [1.54, 1.807) is 31.5 Å². The molecule has 0 aliphatic heterocycles. The van der Waals surface area contributed by atoms with E-state index in [1.165, 1.54) is 7.11 Å². The van der Waals surface area contributed by atoms with E-state index in [2.05, 4.69) is 20.4 Å². The van der Waals surface area contributed by atoms with Gasteiger partial charge in [-0.2, -0.15) is 4.98 Å². The molecule has 0 saturated carbocycles. The maximum absolute atomic E-state index is 12.2. The largest absolute Gasteiger partial charge is 0.490 e. The summed E-state index contributed by atoms with van der Waals surface area (Å²) in [6.07, 6.45) is 4.31. The van der Waals surface area contributed by atoms with Crippen molar-refractivity contribution in [1.82, 2.24) is 20.4 Å². The highest BCUT2D eigenvalue weighted by atomic mass is 16.5. The Morgan fingerprint density at radius 2 is 2.08 bits per heavy atom. The highest BCUT2D eigenvalue weighted by Crippen LogP contribution is 2.18. The Kier molecular flexibility index (Phi) is 4.55. The predicted molar refractivity (Wildman–Crippen MR) is 84.9 cm³/mol. The van der Waals surface area contributed by atoms with Gasteiger partial charge >= 0.3 is 0 Å². The molecule has 128 valence electrons. The van der Waals surface area contributed by atoms with Crippen molar-refractivity contribution in [2.24, 2.45) is 0 Å². The summed E-state index contributed by atoms with van der Waals surface area (Å²) in [5, 5.41) is 6.49. The molecule has 3 rings (SSSR count). The quantitative estimate of drug-likeness (QED) is 0.742. The van der Waals surface area contributed by atoms with Crippen LogP contribution in [0.2, 0.25) is 0 Å². The van der Waals surface area contributed by atoms with Crippen molar-refractivity contribution in [3.8, 4) is 17.1 Å². The van der Waals surface area contributed by atoms with Gasteiger partial charge in [0.25, 0.3) is 5.91 Å². The smallest absolute Gasteiger partial charge is 0.287 e. The Balaban J connectivity index is 1.73. The SMILES string of the molecule is COc1coc(C(=O)N[C@@H](C)c2nc(-c3ccncc3)no2)cc1=O. The molecule has 0 bridgehead atoms. The Morgan fingerprint density at radius 3 is 2.76 bits per heavy atom. The Labute approximate surface area is 141 Å². The first-order valence-corrected chi connectivity index (χ1v) is 7.30. The van der Waals surface area contributed by atoms with Gasteiger partial charge in [0.05, 0.1) is 7.11 Å². The van der Waals surface area contributed by atoms with Crippen LogP contribution in [0.4, 0.5) is 0 Å². The second kappa shape index (κ2) is 6.95. The van der Waals surface area contributed by atoms with Gasteiger partial charge in [-0.25, -0.2) is 0 Å². The average molecular weight is 342 g/mol. The molecule has 0 saturated heterocycles. The van der Waals surface area contributed by atoms with Crippen molar-refractivity contribution in [3.63, 3.8) is 0 Å². The van der Waals surface area contributed by atoms with Crippen molar-refractivity contribution in [3.05, 3.63) is 58.7 Å². The molecule has 25 heavy (non-hydrogen) atoms. The van der Waals surface area contributed by atoms with Crippen LogP contribution in [0.5, 0.6) is 5.75 Å². The van der Waals surface area contributed by atoms with E-state index in [-0.39, 0.29) is 17.4 Å². The summed E-state index contributed by atoms with van der Waals surface area (Å²) in [6, 6.07) is 3.95.